The molecule has 0 unspecified atom stereocenters. The number of rotatable bonds is 3. The van der Waals surface area contributed by atoms with Gasteiger partial charge in [0.05, 0.1) is 13.2 Å². The highest BCUT2D eigenvalue weighted by Crippen LogP contribution is 2.29. The zero-order chi connectivity index (χ0) is 10.7. The Balaban J connectivity index is 1.84. The van der Waals surface area contributed by atoms with Crippen LogP contribution in [-0.2, 0) is 4.74 Å². The Kier molecular flexibility index (Phi) is 3.46. The van der Waals surface area contributed by atoms with Crippen molar-refractivity contribution in [2.75, 3.05) is 39.4 Å². The lowest BCUT2D eigenvalue weighted by Crippen LogP contribution is -2.48. The summed E-state index contributed by atoms with van der Waals surface area (Å²) in [4.78, 5) is 16.0. The molecular weight excluding hydrogens is 192 g/mol. The van der Waals surface area contributed by atoms with E-state index >= 15 is 0 Å². The number of amides is 2. The number of urea groups is 1. The summed E-state index contributed by atoms with van der Waals surface area (Å²) in [6, 6.07) is 0.202. The van der Waals surface area contributed by atoms with Crippen LogP contribution in [0.4, 0.5) is 4.79 Å². The van der Waals surface area contributed by atoms with E-state index in [1.165, 1.54) is 12.8 Å². The monoisotopic (exact) mass is 212 g/mol. The van der Waals surface area contributed by atoms with Crippen molar-refractivity contribution in [3.8, 4) is 0 Å². The lowest BCUT2D eigenvalue weighted by atomic mass is 10.3. The Labute approximate surface area is 91.2 Å². The molecule has 0 spiro atoms. The smallest absolute Gasteiger partial charge is 0.320 e. The molecule has 15 heavy (non-hydrogen) atoms. The fourth-order valence-electron chi connectivity index (χ4n) is 1.91. The summed E-state index contributed by atoms with van der Waals surface area (Å²) < 4.78 is 5.24. The molecule has 0 aromatic rings. The van der Waals surface area contributed by atoms with E-state index in [-0.39, 0.29) is 6.03 Å². The maximum absolute atomic E-state index is 12.1. The number of hydrogen-bond donors (Lipinski definition) is 0. The Hall–Kier alpha value is -0.770. The van der Waals surface area contributed by atoms with Crippen LogP contribution in [0.5, 0.6) is 0 Å². The van der Waals surface area contributed by atoms with E-state index in [1.807, 2.05) is 9.80 Å². The third-order valence-electron chi connectivity index (χ3n) is 3.11. The summed E-state index contributed by atoms with van der Waals surface area (Å²) in [5.74, 6) is 0.773. The summed E-state index contributed by atoms with van der Waals surface area (Å²) in [6.45, 7) is 6.71. The van der Waals surface area contributed by atoms with Crippen LogP contribution in [0.3, 0.4) is 0 Å². The second-order valence-electron chi connectivity index (χ2n) is 4.36. The van der Waals surface area contributed by atoms with Crippen LogP contribution in [0.25, 0.3) is 0 Å². The molecule has 1 saturated carbocycles. The second kappa shape index (κ2) is 4.84. The second-order valence-corrected chi connectivity index (χ2v) is 4.36. The lowest BCUT2D eigenvalue weighted by molar-refractivity contribution is 0.0433. The largest absolute Gasteiger partial charge is 0.378 e. The molecule has 4 nitrogen and oxygen atoms in total. The van der Waals surface area contributed by atoms with Crippen LogP contribution in [0.2, 0.25) is 0 Å². The maximum Gasteiger partial charge on any atom is 0.320 e. The van der Waals surface area contributed by atoms with E-state index in [4.69, 9.17) is 4.74 Å². The molecule has 2 amide bonds. The number of morpholine rings is 1. The van der Waals surface area contributed by atoms with Gasteiger partial charge in [0.15, 0.2) is 0 Å². The average Bonchev–Trinajstić information content (AvgIpc) is 3.10. The fraction of sp³-hybridized carbons (Fsp3) is 0.909. The van der Waals surface area contributed by atoms with Crippen LogP contribution < -0.4 is 0 Å². The van der Waals surface area contributed by atoms with Crippen LogP contribution in [0, 0.1) is 5.92 Å². The molecule has 2 rings (SSSR count). The van der Waals surface area contributed by atoms with Crippen molar-refractivity contribution in [1.29, 1.82) is 0 Å². The normalized spacial score (nSPS) is 21.5. The van der Waals surface area contributed by atoms with Crippen molar-refractivity contribution >= 4 is 6.03 Å². The van der Waals surface area contributed by atoms with Crippen molar-refractivity contribution in [3.63, 3.8) is 0 Å². The van der Waals surface area contributed by atoms with E-state index in [1.54, 1.807) is 0 Å². The molecule has 0 bridgehead atoms. The van der Waals surface area contributed by atoms with Gasteiger partial charge in [-0.15, -0.1) is 0 Å². The first-order chi connectivity index (χ1) is 7.31. The topological polar surface area (TPSA) is 32.8 Å². The van der Waals surface area contributed by atoms with E-state index in [9.17, 15) is 4.79 Å². The number of hydrogen-bond acceptors (Lipinski definition) is 2. The average molecular weight is 212 g/mol. The molecule has 1 heterocycles. The molecule has 4 heteroatoms. The van der Waals surface area contributed by atoms with Gasteiger partial charge < -0.3 is 14.5 Å². The summed E-state index contributed by atoms with van der Waals surface area (Å²) in [7, 11) is 0. The van der Waals surface area contributed by atoms with E-state index in [2.05, 4.69) is 6.92 Å². The predicted molar refractivity (Wildman–Crippen MR) is 57.8 cm³/mol. The van der Waals surface area contributed by atoms with Gasteiger partial charge in [-0.3, -0.25) is 0 Å². The third-order valence-corrected chi connectivity index (χ3v) is 3.11. The summed E-state index contributed by atoms with van der Waals surface area (Å²) >= 11 is 0. The first-order valence-electron chi connectivity index (χ1n) is 5.93. The van der Waals surface area contributed by atoms with E-state index in [0.717, 1.165) is 32.1 Å². The Morgan fingerprint density at radius 2 is 2.07 bits per heavy atom. The molecule has 2 fully saturated rings. The number of nitrogens with zero attached hydrogens (tertiary/aromatic N) is 2. The molecule has 0 atom stereocenters. The lowest BCUT2D eigenvalue weighted by Gasteiger charge is -2.32. The Morgan fingerprint density at radius 3 is 2.60 bits per heavy atom. The zero-order valence-electron chi connectivity index (χ0n) is 9.45. The third kappa shape index (κ3) is 2.84. The zero-order valence-corrected chi connectivity index (χ0v) is 9.45. The summed E-state index contributed by atoms with van der Waals surface area (Å²) in [5, 5.41) is 0. The minimum absolute atomic E-state index is 0.202. The van der Waals surface area contributed by atoms with Crippen molar-refractivity contribution in [1.82, 2.24) is 9.80 Å². The van der Waals surface area contributed by atoms with Crippen LogP contribution in [-0.4, -0.2) is 55.2 Å². The van der Waals surface area contributed by atoms with Gasteiger partial charge in [0.2, 0.25) is 0 Å². The van der Waals surface area contributed by atoms with Gasteiger partial charge >= 0.3 is 6.03 Å². The highest BCUT2D eigenvalue weighted by Gasteiger charge is 2.28. The van der Waals surface area contributed by atoms with Crippen molar-refractivity contribution in [2.24, 2.45) is 5.92 Å². The molecule has 0 aromatic carbocycles. The van der Waals surface area contributed by atoms with Gasteiger partial charge in [0.1, 0.15) is 0 Å². The highest BCUT2D eigenvalue weighted by atomic mass is 16.5. The number of ether oxygens (including phenoxy) is 1. The van der Waals surface area contributed by atoms with Gasteiger partial charge in [-0.05, 0) is 25.7 Å². The predicted octanol–water partition coefficient (Wildman–Crippen LogP) is 1.17. The van der Waals surface area contributed by atoms with Gasteiger partial charge in [0, 0.05) is 26.2 Å². The first-order valence-corrected chi connectivity index (χ1v) is 5.93. The van der Waals surface area contributed by atoms with Gasteiger partial charge in [-0.25, -0.2) is 4.79 Å². The summed E-state index contributed by atoms with van der Waals surface area (Å²) in [5.41, 5.74) is 0. The SMILES string of the molecule is CCN(CC1CC1)C(=O)N1CCOCC1. The molecule has 1 aliphatic carbocycles. The van der Waals surface area contributed by atoms with Crippen LogP contribution in [0.15, 0.2) is 0 Å². The first kappa shape index (κ1) is 10.7. The van der Waals surface area contributed by atoms with Gasteiger partial charge in [-0.2, -0.15) is 0 Å². The van der Waals surface area contributed by atoms with Crippen molar-refractivity contribution in [2.45, 2.75) is 19.8 Å². The highest BCUT2D eigenvalue weighted by molar-refractivity contribution is 5.74. The quantitative estimate of drug-likeness (QED) is 0.703. The molecule has 86 valence electrons. The number of carbonyl (C=O) groups is 1. The fourth-order valence-corrected chi connectivity index (χ4v) is 1.91. The molecule has 0 N–H and O–H groups in total. The van der Waals surface area contributed by atoms with Crippen LogP contribution in [0.1, 0.15) is 19.8 Å². The van der Waals surface area contributed by atoms with Gasteiger partial charge in [-0.1, -0.05) is 0 Å². The molecule has 2 aliphatic rings. The Morgan fingerprint density at radius 1 is 1.40 bits per heavy atom. The maximum atomic E-state index is 12.1. The molecule has 1 aliphatic heterocycles. The molecule has 1 saturated heterocycles. The van der Waals surface area contributed by atoms with Crippen molar-refractivity contribution in [3.05, 3.63) is 0 Å². The molecule has 0 radical (unpaired) electrons. The van der Waals surface area contributed by atoms with Crippen molar-refractivity contribution < 1.29 is 9.53 Å². The number of carbonyl (C=O) groups excluding carboxylic acids is 1. The molecule has 0 aromatic heterocycles. The molecular formula is C11H20N2O2. The standard InChI is InChI=1S/C11H20N2O2/c1-2-12(9-10-3-4-10)11(14)13-5-7-15-8-6-13/h10H,2-9H2,1H3. The Bertz CT molecular complexity index is 223. The van der Waals surface area contributed by atoms with E-state index in [0.29, 0.717) is 13.2 Å². The van der Waals surface area contributed by atoms with Crippen LogP contribution >= 0.6 is 0 Å². The van der Waals surface area contributed by atoms with Gasteiger partial charge in [0.25, 0.3) is 0 Å². The van der Waals surface area contributed by atoms with E-state index < -0.39 is 0 Å². The minimum atomic E-state index is 0.202. The minimum Gasteiger partial charge on any atom is -0.378 e. The summed E-state index contributed by atoms with van der Waals surface area (Å²) in [6.07, 6.45) is 2.60.